The number of hydrogen-bond acceptors (Lipinski definition) is 5. The van der Waals surface area contributed by atoms with Crippen molar-refractivity contribution in [1.29, 1.82) is 0 Å². The molecule has 124 valence electrons. The third-order valence-corrected chi connectivity index (χ3v) is 4.69. The van der Waals surface area contributed by atoms with Crippen molar-refractivity contribution < 1.29 is 19.1 Å². The number of benzene rings is 1. The molecule has 3 rings (SSSR count). The molecule has 0 N–H and O–H groups in total. The van der Waals surface area contributed by atoms with Gasteiger partial charge in [0.2, 0.25) is 5.91 Å². The second-order valence-corrected chi connectivity index (χ2v) is 5.84. The zero-order valence-corrected chi connectivity index (χ0v) is 13.9. The van der Waals surface area contributed by atoms with E-state index in [2.05, 4.69) is 0 Å². The van der Waals surface area contributed by atoms with Crippen LogP contribution in [0.2, 0.25) is 0 Å². The van der Waals surface area contributed by atoms with Crippen LogP contribution in [0.15, 0.2) is 35.9 Å². The summed E-state index contributed by atoms with van der Waals surface area (Å²) in [6.07, 6.45) is 1.67. The quantitative estimate of drug-likeness (QED) is 0.591. The minimum atomic E-state index is -0.585. The molecule has 1 unspecified atom stereocenters. The highest BCUT2D eigenvalue weighted by Gasteiger charge is 2.55. The first kappa shape index (κ1) is 16.0. The molecule has 6 nitrogen and oxygen atoms in total. The molecule has 0 aromatic heterocycles. The van der Waals surface area contributed by atoms with Crippen LogP contribution in [0.5, 0.6) is 5.75 Å². The Kier molecular flexibility index (Phi) is 4.14. The van der Waals surface area contributed by atoms with Gasteiger partial charge < -0.3 is 14.4 Å². The first-order chi connectivity index (χ1) is 11.0. The monoisotopic (exact) mass is 318 g/mol. The fourth-order valence-corrected chi connectivity index (χ4v) is 2.95. The summed E-state index contributed by atoms with van der Waals surface area (Å²) >= 11 is 0. The third kappa shape index (κ3) is 2.73. The van der Waals surface area contributed by atoms with Crippen molar-refractivity contribution in [2.24, 2.45) is 0 Å². The number of ether oxygens (including phenoxy) is 2. The average Bonchev–Trinajstić information content (AvgIpc) is 3.30. The first-order valence-corrected chi connectivity index (χ1v) is 7.59. The van der Waals surface area contributed by atoms with Gasteiger partial charge in [-0.2, -0.15) is 5.06 Å². The van der Waals surface area contributed by atoms with Crippen molar-refractivity contribution in [3.8, 4) is 5.75 Å². The summed E-state index contributed by atoms with van der Waals surface area (Å²) in [6, 6.07) is 7.76. The summed E-state index contributed by atoms with van der Waals surface area (Å²) < 4.78 is 10.8. The van der Waals surface area contributed by atoms with Gasteiger partial charge in [0.1, 0.15) is 5.75 Å². The van der Waals surface area contributed by atoms with Crippen LogP contribution in [0.25, 0.3) is 0 Å². The number of rotatable bonds is 6. The zero-order valence-electron chi connectivity index (χ0n) is 13.9. The normalized spacial score (nSPS) is 24.8. The molecule has 0 radical (unpaired) electrons. The molecule has 1 fully saturated rings. The smallest absolute Gasteiger partial charge is 0.247 e. The Hall–Kier alpha value is -1.89. The van der Waals surface area contributed by atoms with E-state index in [4.69, 9.17) is 14.3 Å². The van der Waals surface area contributed by atoms with E-state index >= 15 is 0 Å². The molecule has 2 aliphatic rings. The number of likely N-dealkylation sites (N-methyl/N-ethyl adjacent to an activating group) is 1. The molecule has 0 spiro atoms. The molecule has 1 aromatic carbocycles. The highest BCUT2D eigenvalue weighted by Crippen LogP contribution is 2.41. The van der Waals surface area contributed by atoms with E-state index < -0.39 is 5.72 Å². The lowest BCUT2D eigenvalue weighted by atomic mass is 10.1. The molecular weight excluding hydrogens is 296 g/mol. The van der Waals surface area contributed by atoms with Gasteiger partial charge in [-0.15, -0.1) is 0 Å². The molecule has 1 amide bonds. The standard InChI is InChI=1S/C17H22N2O4/c1-12(13-5-7-15(21-3)8-6-13)19-10-14(9-16(19)20)17(11-23-17)18(2)22-4/h5-9,12H,10-11H2,1-4H3/t12-,17?/m1/s1. The maximum atomic E-state index is 12.4. The van der Waals surface area contributed by atoms with Gasteiger partial charge in [-0.25, -0.2) is 0 Å². The molecule has 23 heavy (non-hydrogen) atoms. The molecule has 6 heteroatoms. The van der Waals surface area contributed by atoms with E-state index in [9.17, 15) is 4.79 Å². The van der Waals surface area contributed by atoms with Crippen LogP contribution in [-0.4, -0.2) is 56.0 Å². The zero-order chi connectivity index (χ0) is 16.6. The number of carbonyl (C=O) groups excluding carboxylic acids is 1. The number of amides is 1. The number of hydrogen-bond donors (Lipinski definition) is 0. The highest BCUT2D eigenvalue weighted by atomic mass is 16.7. The van der Waals surface area contributed by atoms with Crippen LogP contribution < -0.4 is 4.74 Å². The molecule has 0 bridgehead atoms. The molecular formula is C17H22N2O4. The predicted octanol–water partition coefficient (Wildman–Crippen LogP) is 1.74. The fraction of sp³-hybridized carbons (Fsp3) is 0.471. The predicted molar refractivity (Wildman–Crippen MR) is 84.7 cm³/mol. The van der Waals surface area contributed by atoms with Crippen LogP contribution in [0, 0.1) is 0 Å². The van der Waals surface area contributed by atoms with Crippen LogP contribution >= 0.6 is 0 Å². The Bertz CT molecular complexity index is 622. The van der Waals surface area contributed by atoms with Crippen LogP contribution in [-0.2, 0) is 14.4 Å². The average molecular weight is 318 g/mol. The topological polar surface area (TPSA) is 54.5 Å². The Morgan fingerprint density at radius 2 is 1.96 bits per heavy atom. The minimum absolute atomic E-state index is 0.00250. The lowest BCUT2D eigenvalue weighted by molar-refractivity contribution is -0.168. The van der Waals surface area contributed by atoms with Gasteiger partial charge >= 0.3 is 0 Å². The van der Waals surface area contributed by atoms with E-state index in [0.29, 0.717) is 13.2 Å². The molecule has 0 saturated carbocycles. The summed E-state index contributed by atoms with van der Waals surface area (Å²) in [5.74, 6) is 0.808. The van der Waals surface area contributed by atoms with Gasteiger partial charge in [-0.05, 0) is 24.6 Å². The Morgan fingerprint density at radius 3 is 2.48 bits per heavy atom. The van der Waals surface area contributed by atoms with E-state index in [1.54, 1.807) is 25.4 Å². The minimum Gasteiger partial charge on any atom is -0.497 e. The fourth-order valence-electron chi connectivity index (χ4n) is 2.95. The summed E-state index contributed by atoms with van der Waals surface area (Å²) in [6.45, 7) is 3.11. The van der Waals surface area contributed by atoms with Crippen LogP contribution in [0.1, 0.15) is 18.5 Å². The molecule has 0 aliphatic carbocycles. The van der Waals surface area contributed by atoms with Gasteiger partial charge in [0.05, 0.1) is 26.9 Å². The number of methoxy groups -OCH3 is 1. The molecule has 1 saturated heterocycles. The third-order valence-electron chi connectivity index (χ3n) is 4.69. The summed E-state index contributed by atoms with van der Waals surface area (Å²) in [4.78, 5) is 19.5. The van der Waals surface area contributed by atoms with Gasteiger partial charge in [-0.1, -0.05) is 12.1 Å². The van der Waals surface area contributed by atoms with Gasteiger partial charge in [-0.3, -0.25) is 9.63 Å². The number of nitrogens with zero attached hydrogens (tertiary/aromatic N) is 2. The lowest BCUT2D eigenvalue weighted by Crippen LogP contribution is -2.38. The second kappa shape index (κ2) is 5.96. The van der Waals surface area contributed by atoms with Gasteiger partial charge in [0, 0.05) is 25.2 Å². The van der Waals surface area contributed by atoms with Crippen molar-refractivity contribution in [1.82, 2.24) is 9.96 Å². The largest absolute Gasteiger partial charge is 0.497 e. The van der Waals surface area contributed by atoms with Gasteiger partial charge in [0.25, 0.3) is 0 Å². The summed E-state index contributed by atoms with van der Waals surface area (Å²) in [7, 11) is 5.05. The Morgan fingerprint density at radius 1 is 1.30 bits per heavy atom. The number of carbonyl (C=O) groups is 1. The Labute approximate surface area is 136 Å². The summed E-state index contributed by atoms with van der Waals surface area (Å²) in [5, 5.41) is 1.66. The second-order valence-electron chi connectivity index (χ2n) is 5.84. The number of epoxide rings is 1. The van der Waals surface area contributed by atoms with Crippen molar-refractivity contribution in [3.05, 3.63) is 41.5 Å². The molecule has 2 aliphatic heterocycles. The molecule has 2 atom stereocenters. The molecule has 2 heterocycles. The Balaban J connectivity index is 1.74. The van der Waals surface area contributed by atoms with Crippen LogP contribution in [0.4, 0.5) is 0 Å². The maximum Gasteiger partial charge on any atom is 0.247 e. The first-order valence-electron chi connectivity index (χ1n) is 7.59. The van der Waals surface area contributed by atoms with Crippen LogP contribution in [0.3, 0.4) is 0 Å². The summed E-state index contributed by atoms with van der Waals surface area (Å²) in [5.41, 5.74) is 1.42. The van der Waals surface area contributed by atoms with Crippen molar-refractivity contribution >= 4 is 5.91 Å². The lowest BCUT2D eigenvalue weighted by Gasteiger charge is -2.28. The van der Waals surface area contributed by atoms with E-state index in [1.807, 2.05) is 43.1 Å². The maximum absolute atomic E-state index is 12.4. The van der Waals surface area contributed by atoms with Crippen molar-refractivity contribution in [3.63, 3.8) is 0 Å². The van der Waals surface area contributed by atoms with E-state index in [0.717, 1.165) is 16.9 Å². The van der Waals surface area contributed by atoms with Crippen molar-refractivity contribution in [2.75, 3.05) is 34.4 Å². The van der Waals surface area contributed by atoms with Gasteiger partial charge in [0.15, 0.2) is 5.72 Å². The number of hydroxylamine groups is 2. The van der Waals surface area contributed by atoms with E-state index in [-0.39, 0.29) is 11.9 Å². The van der Waals surface area contributed by atoms with E-state index in [1.165, 1.54) is 0 Å². The highest BCUT2D eigenvalue weighted by molar-refractivity contribution is 5.92. The van der Waals surface area contributed by atoms with Crippen molar-refractivity contribution in [2.45, 2.75) is 18.7 Å². The molecule has 1 aromatic rings. The SMILES string of the molecule is COc1ccc([C@@H](C)N2CC(C3(N(C)OC)CO3)=CC2=O)cc1.